The first-order valence-electron chi connectivity index (χ1n) is 7.82. The van der Waals surface area contributed by atoms with Gasteiger partial charge in [0.15, 0.2) is 0 Å². The number of hydrogen-bond donors (Lipinski definition) is 1. The Morgan fingerprint density at radius 3 is 2.62 bits per heavy atom. The van der Waals surface area contributed by atoms with Crippen molar-refractivity contribution in [1.82, 2.24) is 4.98 Å². The first-order chi connectivity index (χ1) is 11.7. The zero-order valence-electron chi connectivity index (χ0n) is 13.2. The summed E-state index contributed by atoms with van der Waals surface area (Å²) in [6.45, 7) is 0.296. The maximum absolute atomic E-state index is 10.1. The van der Waals surface area contributed by atoms with Gasteiger partial charge in [-0.3, -0.25) is 4.98 Å². The number of ether oxygens (including phenoxy) is 1. The second kappa shape index (κ2) is 8.33. The number of nitrogens with zero attached hydrogens (tertiary/aromatic N) is 1. The van der Waals surface area contributed by atoms with Gasteiger partial charge < -0.3 is 9.84 Å². The van der Waals surface area contributed by atoms with Crippen LogP contribution in [0, 0.1) is 0 Å². The van der Waals surface area contributed by atoms with Crippen LogP contribution in [0.25, 0.3) is 10.4 Å². The van der Waals surface area contributed by atoms with Crippen LogP contribution in [0.1, 0.15) is 12.0 Å². The summed E-state index contributed by atoms with van der Waals surface area (Å²) in [5.74, 6) is 0.773. The molecule has 5 heteroatoms. The monoisotopic (exact) mass is 358 g/mol. The third-order valence-corrected chi connectivity index (χ3v) is 5.10. The van der Waals surface area contributed by atoms with Crippen molar-refractivity contribution >= 4 is 24.0 Å². The molecule has 0 radical (unpaired) electrons. The van der Waals surface area contributed by atoms with E-state index in [-0.39, 0.29) is 0 Å². The Labute approximate surface area is 151 Å². The van der Waals surface area contributed by atoms with Crippen LogP contribution in [0.4, 0.5) is 0 Å². The van der Waals surface area contributed by atoms with Crippen LogP contribution in [0.2, 0.25) is 0 Å². The standard InChI is InChI=1S/C19H19NO2S2/c21-16(6-3-14-2-1-11-20-12-14)13-22-17-7-4-15(5-8-17)18-9-10-19(23)24-18/h1-2,4-5,7-12,16,21,23H,3,6,13H2/p+1/t16-/m0/s1. The Balaban J connectivity index is 1.47. The van der Waals surface area contributed by atoms with Crippen molar-refractivity contribution in [2.75, 3.05) is 6.61 Å². The predicted molar refractivity (Wildman–Crippen MR) is 102 cm³/mol. The Bertz CT molecular complexity index is 757. The molecule has 0 aliphatic heterocycles. The van der Waals surface area contributed by atoms with Crippen molar-refractivity contribution in [2.24, 2.45) is 0 Å². The molecule has 3 aromatic rings. The molecule has 0 bridgehead atoms. The molecule has 2 aromatic heterocycles. The quantitative estimate of drug-likeness (QED) is 0.657. The summed E-state index contributed by atoms with van der Waals surface area (Å²) >= 11 is 5.23. The lowest BCUT2D eigenvalue weighted by Gasteiger charge is -2.12. The number of aliphatic hydroxyl groups excluding tert-OH is 1. The number of aliphatic hydroxyl groups is 1. The van der Waals surface area contributed by atoms with E-state index in [1.54, 1.807) is 17.5 Å². The number of thiophene rings is 1. The summed E-state index contributed by atoms with van der Waals surface area (Å²) in [7, 11) is 0. The van der Waals surface area contributed by atoms with Gasteiger partial charge in [-0.05, 0) is 60.4 Å². The fourth-order valence-corrected chi connectivity index (χ4v) is 3.54. The minimum Gasteiger partial charge on any atom is -0.491 e. The van der Waals surface area contributed by atoms with E-state index in [1.165, 1.54) is 4.88 Å². The Hall–Kier alpha value is -1.82. The zero-order valence-corrected chi connectivity index (χ0v) is 15.0. The second-order valence-corrected chi connectivity index (χ2v) is 7.54. The summed E-state index contributed by atoms with van der Waals surface area (Å²) < 4.78 is 6.79. The first-order valence-corrected chi connectivity index (χ1v) is 9.14. The van der Waals surface area contributed by atoms with E-state index in [1.807, 2.05) is 48.7 Å². The molecule has 24 heavy (non-hydrogen) atoms. The van der Waals surface area contributed by atoms with E-state index in [0.29, 0.717) is 13.0 Å². The van der Waals surface area contributed by atoms with Crippen molar-refractivity contribution in [1.29, 1.82) is 0 Å². The van der Waals surface area contributed by atoms with Crippen LogP contribution in [0.3, 0.4) is 0 Å². The molecular weight excluding hydrogens is 338 g/mol. The van der Waals surface area contributed by atoms with Gasteiger partial charge in [0.25, 0.3) is 0 Å². The summed E-state index contributed by atoms with van der Waals surface area (Å²) in [6, 6.07) is 16.0. The molecule has 0 amide bonds. The molecule has 124 valence electrons. The highest BCUT2D eigenvalue weighted by molar-refractivity contribution is 7.63. The predicted octanol–water partition coefficient (Wildman–Crippen LogP) is 3.55. The maximum Gasteiger partial charge on any atom is 0.204 e. The third kappa shape index (κ3) is 4.84. The summed E-state index contributed by atoms with van der Waals surface area (Å²) in [6.07, 6.45) is 4.55. The van der Waals surface area contributed by atoms with Gasteiger partial charge in [0.05, 0.1) is 6.10 Å². The topological polar surface area (TPSA) is 42.4 Å². The SMILES string of the molecule is O[C@@H](CCc1cccnc1)COc1ccc(-c2ccc([SH2+])s2)cc1. The molecule has 1 atom stereocenters. The number of hydrogen-bond acceptors (Lipinski definition) is 4. The van der Waals surface area contributed by atoms with Gasteiger partial charge in [0.2, 0.25) is 4.21 Å². The Morgan fingerprint density at radius 2 is 1.96 bits per heavy atom. The molecule has 2 heterocycles. The van der Waals surface area contributed by atoms with Gasteiger partial charge in [-0.25, -0.2) is 0 Å². The van der Waals surface area contributed by atoms with E-state index in [2.05, 4.69) is 23.7 Å². The molecule has 0 spiro atoms. The lowest BCUT2D eigenvalue weighted by Crippen LogP contribution is -2.18. The van der Waals surface area contributed by atoms with Gasteiger partial charge >= 0.3 is 0 Å². The molecule has 3 nitrogen and oxygen atoms in total. The Morgan fingerprint density at radius 1 is 1.12 bits per heavy atom. The van der Waals surface area contributed by atoms with Crippen LogP contribution in [0.15, 0.2) is 65.1 Å². The summed E-state index contributed by atoms with van der Waals surface area (Å²) in [4.78, 5) is 5.29. The molecule has 0 aliphatic carbocycles. The minimum absolute atomic E-state index is 0.296. The van der Waals surface area contributed by atoms with E-state index in [9.17, 15) is 5.11 Å². The maximum atomic E-state index is 10.1. The molecule has 0 unspecified atom stereocenters. The first kappa shape index (κ1) is 17.0. The molecule has 0 fully saturated rings. The zero-order chi connectivity index (χ0) is 16.8. The number of rotatable bonds is 7. The van der Waals surface area contributed by atoms with Gasteiger partial charge in [-0.1, -0.05) is 17.4 Å². The van der Waals surface area contributed by atoms with Crippen molar-refractivity contribution in [3.63, 3.8) is 0 Å². The average molecular weight is 359 g/mol. The smallest absolute Gasteiger partial charge is 0.204 e. The fraction of sp³-hybridized carbons (Fsp3) is 0.211. The van der Waals surface area contributed by atoms with Gasteiger partial charge in [-0.2, -0.15) is 0 Å². The average Bonchev–Trinajstić information content (AvgIpc) is 3.06. The van der Waals surface area contributed by atoms with Crippen LogP contribution in [-0.2, 0) is 19.0 Å². The number of benzene rings is 1. The van der Waals surface area contributed by atoms with Gasteiger partial charge in [0.1, 0.15) is 12.4 Å². The molecular formula is C19H20NO2S2+. The molecule has 3 rings (SSSR count). The highest BCUT2D eigenvalue weighted by Crippen LogP contribution is 2.29. The highest BCUT2D eigenvalue weighted by Gasteiger charge is 2.07. The van der Waals surface area contributed by atoms with Crippen molar-refractivity contribution in [2.45, 2.75) is 23.2 Å². The highest BCUT2D eigenvalue weighted by atomic mass is 32.2. The lowest BCUT2D eigenvalue weighted by atomic mass is 10.1. The van der Waals surface area contributed by atoms with E-state index in [4.69, 9.17) is 4.74 Å². The minimum atomic E-state index is -0.488. The van der Waals surface area contributed by atoms with Gasteiger partial charge in [-0.15, -0.1) is 0 Å². The number of aromatic nitrogens is 1. The molecule has 0 aliphatic rings. The number of aryl methyl sites for hydroxylation is 1. The van der Waals surface area contributed by atoms with E-state index < -0.39 is 6.10 Å². The van der Waals surface area contributed by atoms with Crippen molar-refractivity contribution in [3.8, 4) is 16.2 Å². The van der Waals surface area contributed by atoms with Crippen LogP contribution >= 0.6 is 11.3 Å². The lowest BCUT2D eigenvalue weighted by molar-refractivity contribution is 0.100. The fourth-order valence-electron chi connectivity index (χ4n) is 2.36. The summed E-state index contributed by atoms with van der Waals surface area (Å²) in [5.41, 5.74) is 2.29. The third-order valence-electron chi connectivity index (χ3n) is 3.68. The normalized spacial score (nSPS) is 12.1. The molecule has 1 aromatic carbocycles. The molecule has 0 saturated heterocycles. The van der Waals surface area contributed by atoms with Crippen LogP contribution < -0.4 is 4.74 Å². The second-order valence-electron chi connectivity index (χ2n) is 5.55. The Kier molecular flexibility index (Phi) is 5.91. The van der Waals surface area contributed by atoms with E-state index >= 15 is 0 Å². The molecule has 0 saturated carbocycles. The number of pyridine rings is 1. The van der Waals surface area contributed by atoms with Crippen LogP contribution in [-0.4, -0.2) is 22.8 Å². The molecule has 1 N–H and O–H groups in total. The van der Waals surface area contributed by atoms with E-state index in [0.717, 1.165) is 27.5 Å². The van der Waals surface area contributed by atoms with Crippen LogP contribution in [0.5, 0.6) is 5.75 Å². The van der Waals surface area contributed by atoms with Crippen molar-refractivity contribution < 1.29 is 9.84 Å². The van der Waals surface area contributed by atoms with Crippen molar-refractivity contribution in [3.05, 3.63) is 66.5 Å². The largest absolute Gasteiger partial charge is 0.491 e. The van der Waals surface area contributed by atoms with Gasteiger partial charge in [0, 0.05) is 36.0 Å². The summed E-state index contributed by atoms with van der Waals surface area (Å²) in [5, 5.41) is 10.1.